The fourth-order valence-corrected chi connectivity index (χ4v) is 2.82. The van der Waals surface area contributed by atoms with Crippen LogP contribution in [0.5, 0.6) is 0 Å². The first-order chi connectivity index (χ1) is 9.63. The Labute approximate surface area is 119 Å². The van der Waals surface area contributed by atoms with E-state index in [0.29, 0.717) is 0 Å². The SMILES string of the molecule is C=CC([O])=O.O=c1c2ccccc2sc2ccccc12. The average Bonchev–Trinajstić information content (AvgIpc) is 2.48. The van der Waals surface area contributed by atoms with Crippen molar-refractivity contribution in [3.05, 3.63) is 71.4 Å². The van der Waals surface area contributed by atoms with Crippen LogP contribution in [0.2, 0.25) is 0 Å². The smallest absolute Gasteiger partial charge is 0.289 e. The van der Waals surface area contributed by atoms with Crippen molar-refractivity contribution < 1.29 is 9.90 Å². The maximum Gasteiger partial charge on any atom is 0.378 e. The summed E-state index contributed by atoms with van der Waals surface area (Å²) in [5.41, 5.74) is 0.139. The summed E-state index contributed by atoms with van der Waals surface area (Å²) in [6.45, 7) is 2.90. The summed E-state index contributed by atoms with van der Waals surface area (Å²) in [5, 5.41) is 10.8. The minimum absolute atomic E-state index is 0.139. The van der Waals surface area contributed by atoms with Gasteiger partial charge in [0.2, 0.25) is 0 Å². The molecule has 3 rings (SSSR count). The van der Waals surface area contributed by atoms with Gasteiger partial charge in [0.25, 0.3) is 0 Å². The third-order valence-corrected chi connectivity index (χ3v) is 3.80. The third-order valence-electron chi connectivity index (χ3n) is 2.65. The second-order valence-electron chi connectivity index (χ2n) is 3.95. The Morgan fingerprint density at radius 1 is 0.950 bits per heavy atom. The van der Waals surface area contributed by atoms with Crippen molar-refractivity contribution in [1.82, 2.24) is 0 Å². The number of rotatable bonds is 1. The predicted molar refractivity (Wildman–Crippen MR) is 81.5 cm³/mol. The van der Waals surface area contributed by atoms with Gasteiger partial charge in [-0.25, -0.2) is 9.90 Å². The van der Waals surface area contributed by atoms with Crippen molar-refractivity contribution in [1.29, 1.82) is 0 Å². The van der Waals surface area contributed by atoms with Crippen LogP contribution in [0.25, 0.3) is 20.2 Å². The van der Waals surface area contributed by atoms with Gasteiger partial charge in [-0.1, -0.05) is 30.8 Å². The molecule has 0 fully saturated rings. The quantitative estimate of drug-likeness (QED) is 0.506. The van der Waals surface area contributed by atoms with Gasteiger partial charge in [0.05, 0.1) is 0 Å². The van der Waals surface area contributed by atoms with Gasteiger partial charge in [-0.3, -0.25) is 4.79 Å². The Hall–Kier alpha value is -2.46. The molecule has 0 aliphatic heterocycles. The lowest BCUT2D eigenvalue weighted by Gasteiger charge is -1.99. The van der Waals surface area contributed by atoms with Crippen molar-refractivity contribution in [2.75, 3.05) is 0 Å². The largest absolute Gasteiger partial charge is 0.378 e. The number of benzene rings is 2. The number of carbonyl (C=O) groups excluding carboxylic acids is 1. The molecule has 0 aliphatic carbocycles. The van der Waals surface area contributed by atoms with E-state index in [1.165, 1.54) is 0 Å². The summed E-state index contributed by atoms with van der Waals surface area (Å²) in [6, 6.07) is 15.5. The Balaban J connectivity index is 0.000000257. The van der Waals surface area contributed by atoms with Crippen LogP contribution in [0, 0.1) is 0 Å². The van der Waals surface area contributed by atoms with Gasteiger partial charge in [0.1, 0.15) is 0 Å². The fourth-order valence-electron chi connectivity index (χ4n) is 1.75. The zero-order valence-electron chi connectivity index (χ0n) is 10.5. The maximum atomic E-state index is 12.1. The van der Waals surface area contributed by atoms with Crippen molar-refractivity contribution in [3.8, 4) is 0 Å². The summed E-state index contributed by atoms with van der Waals surface area (Å²) in [5.74, 6) is -1.23. The van der Waals surface area contributed by atoms with Gasteiger partial charge < -0.3 is 0 Å². The van der Waals surface area contributed by atoms with Crippen molar-refractivity contribution in [2.45, 2.75) is 0 Å². The van der Waals surface area contributed by atoms with E-state index >= 15 is 0 Å². The van der Waals surface area contributed by atoms with Crippen LogP contribution >= 0.6 is 11.3 Å². The summed E-state index contributed by atoms with van der Waals surface area (Å²) >= 11 is 1.67. The minimum atomic E-state index is -1.23. The number of hydrogen-bond donors (Lipinski definition) is 0. The van der Waals surface area contributed by atoms with Gasteiger partial charge in [-0.05, 0) is 24.3 Å². The summed E-state index contributed by atoms with van der Waals surface area (Å²) in [4.78, 5) is 21.2. The molecule has 0 aliphatic rings. The Kier molecular flexibility index (Phi) is 4.27. The molecule has 0 amide bonds. The van der Waals surface area contributed by atoms with Gasteiger partial charge in [-0.2, -0.15) is 0 Å². The highest BCUT2D eigenvalue weighted by Crippen LogP contribution is 2.23. The first kappa shape index (κ1) is 14.0. The van der Waals surface area contributed by atoms with Crippen LogP contribution < -0.4 is 5.43 Å². The van der Waals surface area contributed by atoms with Crippen LogP contribution in [-0.4, -0.2) is 5.97 Å². The minimum Gasteiger partial charge on any atom is -0.289 e. The molecule has 1 aromatic heterocycles. The molecule has 0 bridgehead atoms. The second kappa shape index (κ2) is 6.12. The van der Waals surface area contributed by atoms with E-state index in [1.807, 2.05) is 48.5 Å². The van der Waals surface area contributed by atoms with Crippen molar-refractivity contribution in [2.24, 2.45) is 0 Å². The summed E-state index contributed by atoms with van der Waals surface area (Å²) in [7, 11) is 0. The Bertz CT molecular complexity index is 777. The van der Waals surface area contributed by atoms with Gasteiger partial charge in [0.15, 0.2) is 5.43 Å². The molecule has 0 saturated heterocycles. The zero-order chi connectivity index (χ0) is 14.5. The van der Waals surface area contributed by atoms with Gasteiger partial charge in [-0.15, -0.1) is 11.3 Å². The molecular formula is C16H11O3S. The number of fused-ring (bicyclic) bond motifs is 2. The predicted octanol–water partition coefficient (Wildman–Crippen LogP) is 3.54. The van der Waals surface area contributed by atoms with Gasteiger partial charge in [0, 0.05) is 26.2 Å². The molecule has 20 heavy (non-hydrogen) atoms. The van der Waals surface area contributed by atoms with Crippen molar-refractivity contribution >= 4 is 37.5 Å². The molecule has 0 unspecified atom stereocenters. The molecular weight excluding hydrogens is 272 g/mol. The Morgan fingerprint density at radius 3 is 1.75 bits per heavy atom. The van der Waals surface area contributed by atoms with Crippen LogP contribution in [0.4, 0.5) is 0 Å². The third kappa shape index (κ3) is 2.92. The van der Waals surface area contributed by atoms with Crippen LogP contribution in [0.1, 0.15) is 0 Å². The lowest BCUT2D eigenvalue weighted by Crippen LogP contribution is -1.99. The van der Waals surface area contributed by atoms with E-state index in [-0.39, 0.29) is 5.43 Å². The summed E-state index contributed by atoms with van der Waals surface area (Å²) in [6.07, 6.45) is 0.722. The van der Waals surface area contributed by atoms with E-state index in [0.717, 1.165) is 26.2 Å². The van der Waals surface area contributed by atoms with Crippen LogP contribution in [-0.2, 0) is 9.90 Å². The maximum absolute atomic E-state index is 12.1. The molecule has 3 aromatic rings. The van der Waals surface area contributed by atoms with Crippen molar-refractivity contribution in [3.63, 3.8) is 0 Å². The first-order valence-electron chi connectivity index (χ1n) is 5.87. The lowest BCUT2D eigenvalue weighted by atomic mass is 10.2. The second-order valence-corrected chi connectivity index (χ2v) is 5.03. The molecule has 2 aromatic carbocycles. The average molecular weight is 283 g/mol. The standard InChI is InChI=1S/C13H8OS.C3H3O2/c14-13-9-5-1-3-7-11(9)15-12-8-4-2-6-10(12)13;1-2-3(4)5/h1-8H;2H,1H2. The van der Waals surface area contributed by atoms with E-state index in [4.69, 9.17) is 9.90 Å². The van der Waals surface area contributed by atoms with E-state index < -0.39 is 5.97 Å². The molecule has 0 saturated carbocycles. The zero-order valence-corrected chi connectivity index (χ0v) is 11.4. The van der Waals surface area contributed by atoms with Gasteiger partial charge >= 0.3 is 5.97 Å². The highest BCUT2D eigenvalue weighted by atomic mass is 32.1. The molecule has 3 nitrogen and oxygen atoms in total. The van der Waals surface area contributed by atoms with Crippen LogP contribution in [0.15, 0.2) is 66.0 Å². The highest BCUT2D eigenvalue weighted by Gasteiger charge is 2.03. The molecule has 99 valence electrons. The first-order valence-corrected chi connectivity index (χ1v) is 6.69. The highest BCUT2D eigenvalue weighted by molar-refractivity contribution is 7.24. The van der Waals surface area contributed by atoms with E-state index in [1.54, 1.807) is 11.3 Å². The normalized spacial score (nSPS) is 9.80. The molecule has 1 heterocycles. The molecule has 0 spiro atoms. The number of carbonyl (C=O) groups is 1. The molecule has 0 atom stereocenters. The topological polar surface area (TPSA) is 54.0 Å². The van der Waals surface area contributed by atoms with Crippen LogP contribution in [0.3, 0.4) is 0 Å². The monoisotopic (exact) mass is 283 g/mol. The van der Waals surface area contributed by atoms with E-state index in [9.17, 15) is 4.79 Å². The molecule has 4 heteroatoms. The molecule has 1 radical (unpaired) electrons. The molecule has 0 N–H and O–H groups in total. The van der Waals surface area contributed by atoms with E-state index in [2.05, 4.69) is 6.58 Å². The number of hydrogen-bond acceptors (Lipinski definition) is 3. The Morgan fingerprint density at radius 2 is 1.35 bits per heavy atom. The fraction of sp³-hybridized carbons (Fsp3) is 0. The lowest BCUT2D eigenvalue weighted by molar-refractivity contribution is -0.137. The summed E-state index contributed by atoms with van der Waals surface area (Å²) < 4.78 is 2.11.